The zero-order valence-electron chi connectivity index (χ0n) is 12.6. The normalized spacial score (nSPS) is 22.6. The maximum Gasteiger partial charge on any atom is 0.0409 e. The van der Waals surface area contributed by atoms with E-state index in [0.29, 0.717) is 12.1 Å². The summed E-state index contributed by atoms with van der Waals surface area (Å²) in [4.78, 5) is 2.22. The Bertz CT molecular complexity index is 454. The zero-order chi connectivity index (χ0) is 14.2. The van der Waals surface area contributed by atoms with Crippen molar-refractivity contribution in [3.63, 3.8) is 0 Å². The topological polar surface area (TPSA) is 15.3 Å². The van der Waals surface area contributed by atoms with Crippen molar-refractivity contribution in [3.8, 4) is 0 Å². The zero-order valence-corrected chi connectivity index (χ0v) is 13.4. The van der Waals surface area contributed by atoms with Crippen molar-refractivity contribution in [2.45, 2.75) is 39.3 Å². The summed E-state index contributed by atoms with van der Waals surface area (Å²) in [6, 6.07) is 7.16. The van der Waals surface area contributed by atoms with Gasteiger partial charge in [0, 0.05) is 23.7 Å². The van der Waals surface area contributed by atoms with E-state index in [2.05, 4.69) is 57.2 Å². The number of halogens is 1. The molecule has 0 saturated carbocycles. The van der Waals surface area contributed by atoms with Crippen LogP contribution < -0.4 is 5.32 Å². The van der Waals surface area contributed by atoms with Gasteiger partial charge in [0.25, 0.3) is 0 Å². The average molecular weight is 281 g/mol. The van der Waals surface area contributed by atoms with Gasteiger partial charge in [0.05, 0.1) is 0 Å². The first kappa shape index (κ1) is 14.8. The molecule has 1 aliphatic carbocycles. The van der Waals surface area contributed by atoms with Gasteiger partial charge in [-0.25, -0.2) is 0 Å². The maximum atomic E-state index is 6.17. The fraction of sp³-hybridized carbons (Fsp3) is 0.625. The van der Waals surface area contributed by atoms with Crippen molar-refractivity contribution in [2.75, 3.05) is 20.6 Å². The van der Waals surface area contributed by atoms with Gasteiger partial charge in [-0.2, -0.15) is 0 Å². The molecule has 0 radical (unpaired) electrons. The van der Waals surface area contributed by atoms with Gasteiger partial charge >= 0.3 is 0 Å². The van der Waals surface area contributed by atoms with Crippen molar-refractivity contribution >= 4 is 11.6 Å². The third kappa shape index (κ3) is 3.31. The number of hydrogen-bond acceptors (Lipinski definition) is 2. The molecule has 3 heteroatoms. The van der Waals surface area contributed by atoms with Crippen molar-refractivity contribution in [1.82, 2.24) is 10.2 Å². The second-order valence-electron chi connectivity index (χ2n) is 6.77. The molecule has 0 heterocycles. The first-order valence-electron chi connectivity index (χ1n) is 6.99. The summed E-state index contributed by atoms with van der Waals surface area (Å²) in [6.07, 6.45) is 1.12. The highest BCUT2D eigenvalue weighted by Crippen LogP contribution is 2.46. The Hall–Kier alpha value is -0.570. The van der Waals surface area contributed by atoms with Crippen molar-refractivity contribution in [2.24, 2.45) is 5.41 Å². The van der Waals surface area contributed by atoms with E-state index in [9.17, 15) is 0 Å². The van der Waals surface area contributed by atoms with Gasteiger partial charge in [-0.1, -0.05) is 31.5 Å². The largest absolute Gasteiger partial charge is 0.308 e. The van der Waals surface area contributed by atoms with Crippen LogP contribution >= 0.6 is 11.6 Å². The Morgan fingerprint density at radius 3 is 2.74 bits per heavy atom. The molecule has 2 nitrogen and oxygen atoms in total. The molecule has 0 aliphatic heterocycles. The monoisotopic (exact) mass is 280 g/mol. The SMILES string of the molecule is CC(CN(C)C)NC1c2cc(Cl)ccc2CC1(C)C. The Balaban J connectivity index is 2.21. The number of nitrogens with one attached hydrogen (secondary N) is 1. The van der Waals surface area contributed by atoms with Gasteiger partial charge < -0.3 is 10.2 Å². The van der Waals surface area contributed by atoms with Crippen molar-refractivity contribution < 1.29 is 0 Å². The molecule has 19 heavy (non-hydrogen) atoms. The van der Waals surface area contributed by atoms with Crippen molar-refractivity contribution in [3.05, 3.63) is 34.3 Å². The van der Waals surface area contributed by atoms with E-state index in [1.54, 1.807) is 0 Å². The highest BCUT2D eigenvalue weighted by molar-refractivity contribution is 6.30. The third-order valence-corrected chi connectivity index (χ3v) is 4.17. The van der Waals surface area contributed by atoms with Crippen LogP contribution in [-0.4, -0.2) is 31.6 Å². The molecule has 0 fully saturated rings. The van der Waals surface area contributed by atoms with Crippen LogP contribution in [0.5, 0.6) is 0 Å². The molecule has 0 amide bonds. The summed E-state index contributed by atoms with van der Waals surface area (Å²) < 4.78 is 0. The summed E-state index contributed by atoms with van der Waals surface area (Å²) >= 11 is 6.17. The lowest BCUT2D eigenvalue weighted by Gasteiger charge is -2.32. The molecular formula is C16H25ClN2. The van der Waals surface area contributed by atoms with Gasteiger partial charge in [0.15, 0.2) is 0 Å². The average Bonchev–Trinajstić information content (AvgIpc) is 2.50. The van der Waals surface area contributed by atoms with Crippen LogP contribution in [0, 0.1) is 5.41 Å². The number of rotatable bonds is 4. The van der Waals surface area contributed by atoms with Gasteiger partial charge in [0.2, 0.25) is 0 Å². The predicted molar refractivity (Wildman–Crippen MR) is 82.8 cm³/mol. The highest BCUT2D eigenvalue weighted by atomic mass is 35.5. The lowest BCUT2D eigenvalue weighted by atomic mass is 9.85. The van der Waals surface area contributed by atoms with Crippen LogP contribution in [-0.2, 0) is 6.42 Å². The minimum Gasteiger partial charge on any atom is -0.308 e. The highest BCUT2D eigenvalue weighted by Gasteiger charge is 2.39. The molecule has 1 N–H and O–H groups in total. The number of fused-ring (bicyclic) bond motifs is 1. The summed E-state index contributed by atoms with van der Waals surface area (Å²) in [5.74, 6) is 0. The van der Waals surface area contributed by atoms with Crippen LogP contribution in [0.15, 0.2) is 18.2 Å². The number of likely N-dealkylation sites (N-methyl/N-ethyl adjacent to an activating group) is 1. The number of nitrogens with zero attached hydrogens (tertiary/aromatic N) is 1. The van der Waals surface area contributed by atoms with E-state index in [1.807, 2.05) is 6.07 Å². The summed E-state index contributed by atoms with van der Waals surface area (Å²) in [6.45, 7) is 7.96. The Labute approximate surface area is 122 Å². The van der Waals surface area contributed by atoms with E-state index in [1.165, 1.54) is 11.1 Å². The summed E-state index contributed by atoms with van der Waals surface area (Å²) in [5.41, 5.74) is 3.06. The second kappa shape index (κ2) is 5.43. The fourth-order valence-electron chi connectivity index (χ4n) is 3.21. The van der Waals surface area contributed by atoms with Crippen LogP contribution in [0.4, 0.5) is 0 Å². The molecule has 2 unspecified atom stereocenters. The number of hydrogen-bond donors (Lipinski definition) is 1. The fourth-order valence-corrected chi connectivity index (χ4v) is 3.39. The molecule has 0 saturated heterocycles. The van der Waals surface area contributed by atoms with E-state index in [4.69, 9.17) is 11.6 Å². The number of benzene rings is 1. The predicted octanol–water partition coefficient (Wildman–Crippen LogP) is 3.50. The third-order valence-electron chi connectivity index (χ3n) is 3.94. The van der Waals surface area contributed by atoms with Crippen molar-refractivity contribution in [1.29, 1.82) is 0 Å². The standard InChI is InChI=1S/C16H25ClN2/c1-11(10-19(4)5)18-15-14-8-13(17)7-6-12(14)9-16(15,2)3/h6-8,11,15,18H,9-10H2,1-5H3. The van der Waals surface area contributed by atoms with Gasteiger partial charge in [0.1, 0.15) is 0 Å². The summed E-state index contributed by atoms with van der Waals surface area (Å²) in [7, 11) is 4.23. The molecule has 106 valence electrons. The second-order valence-corrected chi connectivity index (χ2v) is 7.21. The van der Waals surface area contributed by atoms with Gasteiger partial charge in [-0.15, -0.1) is 0 Å². The first-order valence-corrected chi connectivity index (χ1v) is 7.36. The van der Waals surface area contributed by atoms with Gasteiger partial charge in [-0.05, 0) is 56.1 Å². The molecule has 1 aliphatic rings. The molecule has 0 aromatic heterocycles. The lowest BCUT2D eigenvalue weighted by molar-refractivity contribution is 0.232. The molecular weight excluding hydrogens is 256 g/mol. The minimum atomic E-state index is 0.244. The molecule has 2 atom stereocenters. The van der Waals surface area contributed by atoms with E-state index >= 15 is 0 Å². The molecule has 1 aromatic rings. The van der Waals surface area contributed by atoms with Crippen LogP contribution in [0.1, 0.15) is 37.9 Å². The van der Waals surface area contributed by atoms with Crippen LogP contribution in [0.3, 0.4) is 0 Å². The Morgan fingerprint density at radius 2 is 2.11 bits per heavy atom. The quantitative estimate of drug-likeness (QED) is 0.908. The van der Waals surface area contributed by atoms with Crippen LogP contribution in [0.2, 0.25) is 5.02 Å². The molecule has 0 spiro atoms. The van der Waals surface area contributed by atoms with Crippen LogP contribution in [0.25, 0.3) is 0 Å². The molecule has 1 aromatic carbocycles. The maximum absolute atomic E-state index is 6.17. The molecule has 0 bridgehead atoms. The van der Waals surface area contributed by atoms with E-state index in [0.717, 1.165) is 18.0 Å². The lowest BCUT2D eigenvalue weighted by Crippen LogP contribution is -2.41. The Morgan fingerprint density at radius 1 is 1.42 bits per heavy atom. The van der Waals surface area contributed by atoms with E-state index in [-0.39, 0.29) is 5.41 Å². The molecule has 2 rings (SSSR count). The first-order chi connectivity index (χ1) is 8.79. The Kier molecular flexibility index (Phi) is 4.24. The van der Waals surface area contributed by atoms with E-state index < -0.39 is 0 Å². The minimum absolute atomic E-state index is 0.244. The summed E-state index contributed by atoms with van der Waals surface area (Å²) in [5, 5.41) is 4.62. The smallest absolute Gasteiger partial charge is 0.0409 e. The van der Waals surface area contributed by atoms with Gasteiger partial charge in [-0.3, -0.25) is 0 Å².